The Balaban J connectivity index is 1.38. The molecular formula is C23H26N4O4. The Labute approximate surface area is 180 Å². The highest BCUT2D eigenvalue weighted by Gasteiger charge is 2.21. The summed E-state index contributed by atoms with van der Waals surface area (Å²) in [6.45, 7) is 5.45. The molecule has 1 aliphatic rings. The third kappa shape index (κ3) is 5.04. The first-order chi connectivity index (χ1) is 15.1. The molecule has 0 radical (unpaired) electrons. The van der Waals surface area contributed by atoms with Crippen LogP contribution in [0, 0.1) is 6.92 Å². The fourth-order valence-electron chi connectivity index (χ4n) is 3.72. The molecule has 1 aromatic heterocycles. The minimum atomic E-state index is -0.506. The van der Waals surface area contributed by atoms with Crippen LogP contribution in [0.4, 0.5) is 4.79 Å². The van der Waals surface area contributed by atoms with Crippen molar-refractivity contribution in [3.05, 3.63) is 71.5 Å². The second kappa shape index (κ2) is 9.63. The molecule has 162 valence electrons. The van der Waals surface area contributed by atoms with E-state index in [1.54, 1.807) is 6.07 Å². The van der Waals surface area contributed by atoms with Crippen molar-refractivity contribution >= 4 is 22.9 Å². The first kappa shape index (κ1) is 20.9. The number of nitrogens with zero attached hydrogens (tertiary/aromatic N) is 1. The maximum absolute atomic E-state index is 12.6. The number of carbonyl (C=O) groups is 2. The van der Waals surface area contributed by atoms with Crippen molar-refractivity contribution in [1.29, 1.82) is 0 Å². The fraction of sp³-hybridized carbons (Fsp3) is 0.304. The maximum atomic E-state index is 12.6. The molecule has 0 aliphatic carbocycles. The number of furan rings is 1. The molecule has 3 aromatic rings. The zero-order chi connectivity index (χ0) is 21.6. The Morgan fingerprint density at radius 2 is 1.71 bits per heavy atom. The fourth-order valence-corrected chi connectivity index (χ4v) is 3.72. The van der Waals surface area contributed by atoms with Gasteiger partial charge in [0.1, 0.15) is 5.58 Å². The van der Waals surface area contributed by atoms with Gasteiger partial charge in [-0.1, -0.05) is 48.5 Å². The number of amides is 3. The largest absolute Gasteiger partial charge is 0.451 e. The minimum absolute atomic E-state index is 0.175. The van der Waals surface area contributed by atoms with Crippen LogP contribution >= 0.6 is 0 Å². The van der Waals surface area contributed by atoms with Crippen molar-refractivity contribution in [3.63, 3.8) is 0 Å². The first-order valence-electron chi connectivity index (χ1n) is 10.3. The molecule has 4 rings (SSSR count). The van der Waals surface area contributed by atoms with Crippen LogP contribution in [0.1, 0.15) is 27.7 Å². The molecule has 1 saturated heterocycles. The summed E-state index contributed by atoms with van der Waals surface area (Å²) in [5, 5.41) is 3.82. The van der Waals surface area contributed by atoms with Gasteiger partial charge in [-0.3, -0.25) is 15.1 Å². The molecule has 0 spiro atoms. The number of rotatable bonds is 5. The number of hydrazine groups is 1. The number of fused-ring (bicyclic) bond motifs is 1. The van der Waals surface area contributed by atoms with E-state index in [2.05, 4.69) is 21.1 Å². The molecule has 2 aromatic carbocycles. The Morgan fingerprint density at radius 3 is 2.45 bits per heavy atom. The molecular weight excluding hydrogens is 396 g/mol. The van der Waals surface area contributed by atoms with E-state index in [1.807, 2.05) is 55.5 Å². The Hall–Kier alpha value is -3.36. The van der Waals surface area contributed by atoms with Gasteiger partial charge in [0.05, 0.1) is 19.3 Å². The summed E-state index contributed by atoms with van der Waals surface area (Å²) in [6.07, 6.45) is 0. The zero-order valence-corrected chi connectivity index (χ0v) is 17.4. The Bertz CT molecular complexity index is 1040. The van der Waals surface area contributed by atoms with Gasteiger partial charge in [-0.05, 0) is 18.6 Å². The van der Waals surface area contributed by atoms with Crippen LogP contribution in [-0.4, -0.2) is 49.7 Å². The highest BCUT2D eigenvalue weighted by Crippen LogP contribution is 2.24. The van der Waals surface area contributed by atoms with Gasteiger partial charge in [-0.15, -0.1) is 0 Å². The van der Waals surface area contributed by atoms with E-state index < -0.39 is 11.9 Å². The predicted molar refractivity (Wildman–Crippen MR) is 117 cm³/mol. The van der Waals surface area contributed by atoms with E-state index >= 15 is 0 Å². The first-order valence-corrected chi connectivity index (χ1v) is 10.3. The molecule has 1 atom stereocenters. The molecule has 2 heterocycles. The summed E-state index contributed by atoms with van der Waals surface area (Å²) >= 11 is 0. The molecule has 8 heteroatoms. The van der Waals surface area contributed by atoms with Crippen molar-refractivity contribution in [2.75, 3.05) is 32.8 Å². The molecule has 3 amide bonds. The van der Waals surface area contributed by atoms with Crippen molar-refractivity contribution in [3.8, 4) is 0 Å². The third-order valence-electron chi connectivity index (χ3n) is 5.39. The lowest BCUT2D eigenvalue weighted by Gasteiger charge is -2.31. The third-order valence-corrected chi connectivity index (χ3v) is 5.39. The molecule has 0 unspecified atom stereocenters. The number of hydrogen-bond donors (Lipinski definition) is 3. The van der Waals surface area contributed by atoms with E-state index in [4.69, 9.17) is 9.15 Å². The van der Waals surface area contributed by atoms with Crippen molar-refractivity contribution < 1.29 is 18.7 Å². The molecule has 31 heavy (non-hydrogen) atoms. The molecule has 1 aliphatic heterocycles. The lowest BCUT2D eigenvalue weighted by atomic mass is 10.1. The SMILES string of the molecule is Cc1c(C(=O)NNC(=O)N[C@H](CN2CCOCC2)c2ccccc2)oc2ccccc12. The van der Waals surface area contributed by atoms with E-state index in [0.29, 0.717) is 25.3 Å². The van der Waals surface area contributed by atoms with Gasteiger partial charge in [0.25, 0.3) is 0 Å². The predicted octanol–water partition coefficient (Wildman–Crippen LogP) is 2.76. The van der Waals surface area contributed by atoms with Crippen LogP contribution in [0.15, 0.2) is 59.0 Å². The van der Waals surface area contributed by atoms with Gasteiger partial charge in [-0.25, -0.2) is 10.2 Å². The van der Waals surface area contributed by atoms with Crippen LogP contribution in [0.5, 0.6) is 0 Å². The normalized spacial score (nSPS) is 15.4. The molecule has 0 saturated carbocycles. The van der Waals surface area contributed by atoms with Crippen LogP contribution in [0.3, 0.4) is 0 Å². The maximum Gasteiger partial charge on any atom is 0.334 e. The quantitative estimate of drug-likeness (QED) is 0.550. The number of benzene rings is 2. The molecule has 0 bridgehead atoms. The van der Waals surface area contributed by atoms with Crippen molar-refractivity contribution in [1.82, 2.24) is 21.1 Å². The summed E-state index contributed by atoms with van der Waals surface area (Å²) in [7, 11) is 0. The van der Waals surface area contributed by atoms with Gasteiger partial charge in [-0.2, -0.15) is 0 Å². The van der Waals surface area contributed by atoms with Gasteiger partial charge < -0.3 is 14.5 Å². The number of hydrogen-bond acceptors (Lipinski definition) is 5. The minimum Gasteiger partial charge on any atom is -0.451 e. The lowest BCUT2D eigenvalue weighted by molar-refractivity contribution is 0.0339. The van der Waals surface area contributed by atoms with E-state index in [9.17, 15) is 9.59 Å². The number of nitrogens with one attached hydrogen (secondary N) is 3. The summed E-state index contributed by atoms with van der Waals surface area (Å²) < 4.78 is 11.1. The lowest BCUT2D eigenvalue weighted by Crippen LogP contribution is -2.50. The van der Waals surface area contributed by atoms with E-state index in [-0.39, 0.29) is 11.8 Å². The number of morpholine rings is 1. The second-order valence-electron chi connectivity index (χ2n) is 7.48. The highest BCUT2D eigenvalue weighted by molar-refractivity contribution is 5.99. The summed E-state index contributed by atoms with van der Waals surface area (Å²) in [4.78, 5) is 27.3. The zero-order valence-electron chi connectivity index (χ0n) is 17.4. The monoisotopic (exact) mass is 422 g/mol. The summed E-state index contributed by atoms with van der Waals surface area (Å²) in [6, 6.07) is 16.5. The number of urea groups is 1. The van der Waals surface area contributed by atoms with Gasteiger partial charge in [0, 0.05) is 30.6 Å². The van der Waals surface area contributed by atoms with E-state index in [1.165, 1.54) is 0 Å². The second-order valence-corrected chi connectivity index (χ2v) is 7.48. The summed E-state index contributed by atoms with van der Waals surface area (Å²) in [5.74, 6) is -0.331. The standard InChI is InChI=1S/C23H26N4O4/c1-16-18-9-5-6-10-20(18)31-21(16)22(28)25-26-23(29)24-19(17-7-3-2-4-8-17)15-27-11-13-30-14-12-27/h2-10,19H,11-15H2,1H3,(H,25,28)(H2,24,26,29)/t19-/m1/s1. The highest BCUT2D eigenvalue weighted by atomic mass is 16.5. The van der Waals surface area contributed by atoms with Crippen LogP contribution in [-0.2, 0) is 4.74 Å². The smallest absolute Gasteiger partial charge is 0.334 e. The van der Waals surface area contributed by atoms with Crippen LogP contribution in [0.25, 0.3) is 11.0 Å². The van der Waals surface area contributed by atoms with Crippen molar-refractivity contribution in [2.45, 2.75) is 13.0 Å². The van der Waals surface area contributed by atoms with Gasteiger partial charge in [0.15, 0.2) is 5.76 Å². The number of ether oxygens (including phenoxy) is 1. The molecule has 3 N–H and O–H groups in total. The Kier molecular flexibility index (Phi) is 6.49. The van der Waals surface area contributed by atoms with Crippen molar-refractivity contribution in [2.24, 2.45) is 0 Å². The topological polar surface area (TPSA) is 95.8 Å². The number of para-hydroxylation sites is 1. The molecule has 8 nitrogen and oxygen atoms in total. The number of carbonyl (C=O) groups excluding carboxylic acids is 2. The van der Waals surface area contributed by atoms with Gasteiger partial charge in [0.2, 0.25) is 0 Å². The molecule has 1 fully saturated rings. The summed E-state index contributed by atoms with van der Waals surface area (Å²) in [5.41, 5.74) is 7.21. The average molecular weight is 422 g/mol. The average Bonchev–Trinajstić information content (AvgIpc) is 3.15. The van der Waals surface area contributed by atoms with Gasteiger partial charge >= 0.3 is 11.9 Å². The van der Waals surface area contributed by atoms with Crippen LogP contribution < -0.4 is 16.2 Å². The van der Waals surface area contributed by atoms with Crippen LogP contribution in [0.2, 0.25) is 0 Å². The van der Waals surface area contributed by atoms with E-state index in [0.717, 1.165) is 29.6 Å². The Morgan fingerprint density at radius 1 is 1.00 bits per heavy atom. The number of aryl methyl sites for hydroxylation is 1.